The predicted octanol–water partition coefficient (Wildman–Crippen LogP) is 3.02. The summed E-state index contributed by atoms with van der Waals surface area (Å²) in [6.45, 7) is 5.21. The second kappa shape index (κ2) is 7.73. The zero-order chi connectivity index (χ0) is 23.3. The zero-order valence-corrected chi connectivity index (χ0v) is 19.2. The van der Waals surface area contributed by atoms with Crippen LogP contribution in [-0.2, 0) is 11.2 Å². The Hall–Kier alpha value is -3.66. The van der Waals surface area contributed by atoms with Crippen LogP contribution >= 0.6 is 11.3 Å². The maximum atomic E-state index is 13.2. The standard InChI is InChI=1S/C23H22N4O5S/c1-13-8-16(14(2)27(13)22-24-6-7-33-22)17(28)11-26-20(29)23(3,25-21(26)30)10-15-4-5-18-19(9-15)32-12-31-18/h4-9H,10-12H2,1-3H3,(H,25,30). The first kappa shape index (κ1) is 21.2. The molecular formula is C23H22N4O5S. The number of amides is 3. The van der Waals surface area contributed by atoms with Crippen molar-refractivity contribution in [2.75, 3.05) is 13.3 Å². The first-order chi connectivity index (χ1) is 15.8. The summed E-state index contributed by atoms with van der Waals surface area (Å²) in [4.78, 5) is 44.3. The number of ether oxygens (including phenoxy) is 2. The number of carbonyl (C=O) groups is 3. The molecule has 1 unspecified atom stereocenters. The minimum Gasteiger partial charge on any atom is -0.454 e. The van der Waals surface area contributed by atoms with Gasteiger partial charge in [-0.05, 0) is 44.5 Å². The first-order valence-electron chi connectivity index (χ1n) is 10.4. The molecule has 1 atom stereocenters. The first-order valence-corrected chi connectivity index (χ1v) is 11.3. The highest BCUT2D eigenvalue weighted by Crippen LogP contribution is 2.34. The van der Waals surface area contributed by atoms with Gasteiger partial charge in [0.1, 0.15) is 5.54 Å². The molecule has 5 rings (SSSR count). The van der Waals surface area contributed by atoms with Crippen LogP contribution in [0.3, 0.4) is 0 Å². The third-order valence-corrected chi connectivity index (χ3v) is 6.74. The van der Waals surface area contributed by atoms with E-state index in [2.05, 4.69) is 10.3 Å². The Labute approximate surface area is 193 Å². The molecule has 0 spiro atoms. The van der Waals surface area contributed by atoms with Crippen molar-refractivity contribution >= 4 is 29.1 Å². The lowest BCUT2D eigenvalue weighted by Crippen LogP contribution is -2.46. The second-order valence-electron chi connectivity index (χ2n) is 8.38. The molecule has 0 saturated carbocycles. The van der Waals surface area contributed by atoms with Crippen LogP contribution in [-0.4, -0.2) is 51.0 Å². The van der Waals surface area contributed by atoms with Crippen molar-refractivity contribution in [1.82, 2.24) is 19.8 Å². The zero-order valence-electron chi connectivity index (χ0n) is 18.4. The van der Waals surface area contributed by atoms with Crippen LogP contribution < -0.4 is 14.8 Å². The highest BCUT2D eigenvalue weighted by molar-refractivity contribution is 7.12. The van der Waals surface area contributed by atoms with Crippen molar-refractivity contribution in [3.63, 3.8) is 0 Å². The Morgan fingerprint density at radius 3 is 2.76 bits per heavy atom. The lowest BCUT2D eigenvalue weighted by Gasteiger charge is -2.21. The molecule has 1 fully saturated rings. The number of nitrogens with one attached hydrogen (secondary N) is 1. The highest BCUT2D eigenvalue weighted by Gasteiger charge is 2.48. The van der Waals surface area contributed by atoms with E-state index >= 15 is 0 Å². The van der Waals surface area contributed by atoms with Gasteiger partial charge in [0.2, 0.25) is 6.79 Å². The smallest absolute Gasteiger partial charge is 0.325 e. The molecule has 1 saturated heterocycles. The summed E-state index contributed by atoms with van der Waals surface area (Å²) in [5.41, 5.74) is 1.70. The van der Waals surface area contributed by atoms with E-state index in [-0.39, 0.29) is 25.5 Å². The number of benzene rings is 1. The number of hydrogen-bond acceptors (Lipinski definition) is 7. The predicted molar refractivity (Wildman–Crippen MR) is 120 cm³/mol. The van der Waals surface area contributed by atoms with E-state index in [1.54, 1.807) is 31.3 Å². The van der Waals surface area contributed by atoms with Gasteiger partial charge in [-0.1, -0.05) is 6.07 Å². The lowest BCUT2D eigenvalue weighted by molar-refractivity contribution is -0.130. The summed E-state index contributed by atoms with van der Waals surface area (Å²) >= 11 is 1.47. The van der Waals surface area contributed by atoms with Gasteiger partial charge in [-0.25, -0.2) is 9.78 Å². The molecule has 0 bridgehead atoms. The summed E-state index contributed by atoms with van der Waals surface area (Å²) in [7, 11) is 0. The van der Waals surface area contributed by atoms with E-state index in [0.717, 1.165) is 27.0 Å². The average molecular weight is 467 g/mol. The third-order valence-electron chi connectivity index (χ3n) is 5.98. The van der Waals surface area contributed by atoms with Crippen molar-refractivity contribution in [2.45, 2.75) is 32.7 Å². The number of aryl methyl sites for hydroxylation is 1. The molecule has 2 aliphatic heterocycles. The molecule has 1 N–H and O–H groups in total. The van der Waals surface area contributed by atoms with E-state index in [9.17, 15) is 14.4 Å². The van der Waals surface area contributed by atoms with Gasteiger partial charge in [0.05, 0.1) is 6.54 Å². The lowest BCUT2D eigenvalue weighted by atomic mass is 9.92. The number of fused-ring (bicyclic) bond motifs is 1. The summed E-state index contributed by atoms with van der Waals surface area (Å²) < 4.78 is 12.6. The van der Waals surface area contributed by atoms with Crippen LogP contribution in [0.5, 0.6) is 11.5 Å². The van der Waals surface area contributed by atoms with Crippen LogP contribution in [0.4, 0.5) is 4.79 Å². The van der Waals surface area contributed by atoms with Crippen LogP contribution in [0, 0.1) is 13.8 Å². The summed E-state index contributed by atoms with van der Waals surface area (Å²) in [6, 6.07) is 6.60. The summed E-state index contributed by atoms with van der Waals surface area (Å²) in [5.74, 6) is 0.512. The Balaban J connectivity index is 1.34. The van der Waals surface area contributed by atoms with Crippen molar-refractivity contribution in [3.8, 4) is 16.6 Å². The average Bonchev–Trinajstić information content (AvgIpc) is 3.53. The van der Waals surface area contributed by atoms with Crippen LogP contribution in [0.25, 0.3) is 5.13 Å². The van der Waals surface area contributed by atoms with Crippen LogP contribution in [0.2, 0.25) is 0 Å². The molecular weight excluding hydrogens is 444 g/mol. The van der Waals surface area contributed by atoms with E-state index in [0.29, 0.717) is 17.1 Å². The molecule has 33 heavy (non-hydrogen) atoms. The molecule has 2 aromatic heterocycles. The molecule has 2 aliphatic rings. The minimum absolute atomic E-state index is 0.158. The van der Waals surface area contributed by atoms with E-state index in [4.69, 9.17) is 9.47 Å². The maximum Gasteiger partial charge on any atom is 0.325 e. The Kier molecular flexibility index (Phi) is 4.97. The summed E-state index contributed by atoms with van der Waals surface area (Å²) in [6.07, 6.45) is 1.96. The molecule has 9 nitrogen and oxygen atoms in total. The van der Waals surface area contributed by atoms with Gasteiger partial charge in [0.25, 0.3) is 5.91 Å². The fraction of sp³-hybridized carbons (Fsp3) is 0.304. The van der Waals surface area contributed by atoms with Crippen molar-refractivity contribution in [2.24, 2.45) is 0 Å². The van der Waals surface area contributed by atoms with Crippen molar-refractivity contribution in [3.05, 3.63) is 58.4 Å². The van der Waals surface area contributed by atoms with Gasteiger partial charge in [0.15, 0.2) is 22.4 Å². The number of aromatic nitrogens is 2. The number of urea groups is 1. The van der Waals surface area contributed by atoms with Crippen molar-refractivity contribution in [1.29, 1.82) is 0 Å². The number of thiazole rings is 1. The highest BCUT2D eigenvalue weighted by atomic mass is 32.1. The number of Topliss-reactive ketones (excluding diaryl/α,β-unsaturated/α-hetero) is 1. The number of imide groups is 1. The van der Waals surface area contributed by atoms with Gasteiger partial charge in [0, 0.05) is 34.9 Å². The molecule has 1 aromatic carbocycles. The fourth-order valence-electron chi connectivity index (χ4n) is 4.36. The minimum atomic E-state index is -1.16. The topological polar surface area (TPSA) is 103 Å². The number of nitrogens with zero attached hydrogens (tertiary/aromatic N) is 3. The van der Waals surface area contributed by atoms with Gasteiger partial charge in [-0.2, -0.15) is 0 Å². The van der Waals surface area contributed by atoms with E-state index in [1.165, 1.54) is 11.3 Å². The van der Waals surface area contributed by atoms with Crippen molar-refractivity contribution < 1.29 is 23.9 Å². The molecule has 0 aliphatic carbocycles. The van der Waals surface area contributed by atoms with Gasteiger partial charge in [-0.15, -0.1) is 11.3 Å². The maximum absolute atomic E-state index is 13.2. The molecule has 0 radical (unpaired) electrons. The van der Waals surface area contributed by atoms with Crippen LogP contribution in [0.1, 0.15) is 34.2 Å². The molecule has 4 heterocycles. The second-order valence-corrected chi connectivity index (χ2v) is 9.25. The Morgan fingerprint density at radius 1 is 1.21 bits per heavy atom. The Bertz CT molecular complexity index is 1280. The van der Waals surface area contributed by atoms with Gasteiger partial charge >= 0.3 is 6.03 Å². The van der Waals surface area contributed by atoms with Crippen LogP contribution in [0.15, 0.2) is 35.8 Å². The van der Waals surface area contributed by atoms with E-state index in [1.807, 2.05) is 29.9 Å². The van der Waals surface area contributed by atoms with E-state index < -0.39 is 17.5 Å². The van der Waals surface area contributed by atoms with Gasteiger partial charge < -0.3 is 14.8 Å². The van der Waals surface area contributed by atoms with Gasteiger partial charge in [-0.3, -0.25) is 19.1 Å². The number of carbonyl (C=O) groups excluding carboxylic acids is 3. The quantitative estimate of drug-likeness (QED) is 0.443. The SMILES string of the molecule is Cc1cc(C(=O)CN2C(=O)NC(C)(Cc3ccc4c(c3)OCO4)C2=O)c(C)n1-c1nccs1. The molecule has 10 heteroatoms. The summed E-state index contributed by atoms with van der Waals surface area (Å²) in [5, 5.41) is 5.38. The number of hydrogen-bond donors (Lipinski definition) is 1. The Morgan fingerprint density at radius 2 is 2.00 bits per heavy atom. The third kappa shape index (κ3) is 3.56. The number of rotatable bonds is 6. The monoisotopic (exact) mass is 466 g/mol. The number of ketones is 1. The largest absolute Gasteiger partial charge is 0.454 e. The molecule has 3 amide bonds. The molecule has 170 valence electrons. The normalized spacial score (nSPS) is 19.3. The fourth-order valence-corrected chi connectivity index (χ4v) is 5.12. The molecule has 3 aromatic rings.